The van der Waals surface area contributed by atoms with Gasteiger partial charge in [0.25, 0.3) is 0 Å². The topological polar surface area (TPSA) is 52.5 Å². The van der Waals surface area contributed by atoms with Gasteiger partial charge in [0.05, 0.1) is 5.69 Å². The minimum Gasteiger partial charge on any atom is -0.485 e. The van der Waals surface area contributed by atoms with Gasteiger partial charge in [0.1, 0.15) is 12.4 Å². The van der Waals surface area contributed by atoms with Gasteiger partial charge in [0, 0.05) is 23.6 Å². The summed E-state index contributed by atoms with van der Waals surface area (Å²) in [5.41, 5.74) is 9.95. The van der Waals surface area contributed by atoms with Crippen LogP contribution >= 0.6 is 0 Å². The van der Waals surface area contributed by atoms with Crippen LogP contribution in [0.5, 0.6) is 5.75 Å². The molecule has 2 aromatic heterocycles. The molecular weight excluding hydrogens is 317 g/mol. The Morgan fingerprint density at radius 2 is 1.88 bits per heavy atom. The van der Waals surface area contributed by atoms with Crippen molar-refractivity contribution >= 4 is 11.3 Å². The summed E-state index contributed by atoms with van der Waals surface area (Å²) in [7, 11) is 0. The molecule has 5 heteroatoms. The molecule has 0 saturated carbocycles. The molecule has 2 aromatic carbocycles. The highest BCUT2D eigenvalue weighted by Crippen LogP contribution is 2.26. The number of hydrogen-bond acceptors (Lipinski definition) is 3. The zero-order chi connectivity index (χ0) is 17.2. The van der Waals surface area contributed by atoms with E-state index in [0.29, 0.717) is 18.0 Å². The number of nitrogen functional groups attached to an aromatic ring is 1. The van der Waals surface area contributed by atoms with Gasteiger partial charge in [0.2, 0.25) is 0 Å². The first-order valence-corrected chi connectivity index (χ1v) is 7.90. The van der Waals surface area contributed by atoms with Gasteiger partial charge in [0.15, 0.2) is 11.4 Å². The van der Waals surface area contributed by atoms with Crippen LogP contribution in [0.2, 0.25) is 0 Å². The molecule has 2 heterocycles. The lowest BCUT2D eigenvalue weighted by Gasteiger charge is -2.07. The molecule has 0 spiro atoms. The van der Waals surface area contributed by atoms with Gasteiger partial charge in [-0.3, -0.25) is 0 Å². The van der Waals surface area contributed by atoms with Crippen molar-refractivity contribution in [3.05, 3.63) is 84.4 Å². The number of hydrogen-bond donors (Lipinski definition) is 1. The maximum atomic E-state index is 13.0. The van der Waals surface area contributed by atoms with Gasteiger partial charge in [-0.25, -0.2) is 9.37 Å². The average molecular weight is 333 g/mol. The van der Waals surface area contributed by atoms with Crippen molar-refractivity contribution in [3.8, 4) is 17.0 Å². The molecular formula is C20H16FN3O. The van der Waals surface area contributed by atoms with Gasteiger partial charge >= 0.3 is 0 Å². The van der Waals surface area contributed by atoms with Crippen molar-refractivity contribution in [2.75, 3.05) is 5.73 Å². The van der Waals surface area contributed by atoms with Crippen LogP contribution in [-0.2, 0) is 6.61 Å². The minimum absolute atomic E-state index is 0.258. The van der Waals surface area contributed by atoms with Crippen LogP contribution < -0.4 is 10.5 Å². The summed E-state index contributed by atoms with van der Waals surface area (Å²) in [6, 6.07) is 17.6. The van der Waals surface area contributed by atoms with Crippen molar-refractivity contribution in [2.45, 2.75) is 6.61 Å². The first kappa shape index (κ1) is 15.2. The zero-order valence-corrected chi connectivity index (χ0v) is 13.4. The van der Waals surface area contributed by atoms with E-state index >= 15 is 0 Å². The SMILES string of the molecule is Nc1cccc(-c2cn3cccc(OCc4ccc(F)cc4)c3n2)c1. The van der Waals surface area contributed by atoms with E-state index in [1.807, 2.05) is 53.2 Å². The quantitative estimate of drug-likeness (QED) is 0.567. The number of ether oxygens (including phenoxy) is 1. The normalized spacial score (nSPS) is 10.9. The predicted molar refractivity (Wildman–Crippen MR) is 95.8 cm³/mol. The Bertz CT molecular complexity index is 1020. The number of fused-ring (bicyclic) bond motifs is 1. The van der Waals surface area contributed by atoms with Crippen molar-refractivity contribution < 1.29 is 9.13 Å². The number of anilines is 1. The smallest absolute Gasteiger partial charge is 0.180 e. The standard InChI is InChI=1S/C20H16FN3O/c21-16-8-6-14(7-9-16)13-25-19-5-2-10-24-12-18(23-20(19)24)15-3-1-4-17(22)11-15/h1-12H,13,22H2. The number of rotatable bonds is 4. The fourth-order valence-electron chi connectivity index (χ4n) is 2.68. The van der Waals surface area contributed by atoms with Crippen LogP contribution in [0.15, 0.2) is 73.1 Å². The van der Waals surface area contributed by atoms with E-state index < -0.39 is 0 Å². The molecule has 0 aliphatic carbocycles. The van der Waals surface area contributed by atoms with E-state index in [1.165, 1.54) is 12.1 Å². The molecule has 2 N–H and O–H groups in total. The molecule has 25 heavy (non-hydrogen) atoms. The summed E-state index contributed by atoms with van der Waals surface area (Å²) < 4.78 is 20.8. The second-order valence-corrected chi connectivity index (χ2v) is 5.77. The second-order valence-electron chi connectivity index (χ2n) is 5.77. The fraction of sp³-hybridized carbons (Fsp3) is 0.0500. The molecule has 0 unspecified atom stereocenters. The van der Waals surface area contributed by atoms with Gasteiger partial charge in [-0.15, -0.1) is 0 Å². The van der Waals surface area contributed by atoms with Gasteiger partial charge in [-0.1, -0.05) is 24.3 Å². The van der Waals surface area contributed by atoms with Gasteiger partial charge in [-0.2, -0.15) is 0 Å². The number of benzene rings is 2. The zero-order valence-electron chi connectivity index (χ0n) is 13.4. The van der Waals surface area contributed by atoms with Crippen molar-refractivity contribution in [1.82, 2.24) is 9.38 Å². The molecule has 0 atom stereocenters. The lowest BCUT2D eigenvalue weighted by molar-refractivity contribution is 0.308. The third-order valence-electron chi connectivity index (χ3n) is 3.94. The molecule has 0 aliphatic heterocycles. The number of nitrogens with zero attached hydrogens (tertiary/aromatic N) is 2. The van der Waals surface area contributed by atoms with Crippen molar-refractivity contribution in [1.29, 1.82) is 0 Å². The van der Waals surface area contributed by atoms with E-state index in [9.17, 15) is 4.39 Å². The number of pyridine rings is 1. The fourth-order valence-corrected chi connectivity index (χ4v) is 2.68. The summed E-state index contributed by atoms with van der Waals surface area (Å²) in [4.78, 5) is 4.67. The Kier molecular flexibility index (Phi) is 3.82. The van der Waals surface area contributed by atoms with Gasteiger partial charge in [-0.05, 0) is 42.0 Å². The number of halogens is 1. The van der Waals surface area contributed by atoms with Crippen LogP contribution in [0.3, 0.4) is 0 Å². The highest BCUT2D eigenvalue weighted by molar-refractivity contribution is 5.68. The summed E-state index contributed by atoms with van der Waals surface area (Å²) >= 11 is 0. The Labute approximate surface area is 144 Å². The average Bonchev–Trinajstić information content (AvgIpc) is 3.06. The lowest BCUT2D eigenvalue weighted by Crippen LogP contribution is -1.97. The lowest BCUT2D eigenvalue weighted by atomic mass is 10.1. The molecule has 0 amide bonds. The first-order valence-electron chi connectivity index (χ1n) is 7.90. The van der Waals surface area contributed by atoms with Crippen LogP contribution in [0.1, 0.15) is 5.56 Å². The summed E-state index contributed by atoms with van der Waals surface area (Å²) in [6.07, 6.45) is 3.86. The maximum absolute atomic E-state index is 13.0. The Balaban J connectivity index is 1.64. The molecule has 4 aromatic rings. The van der Waals surface area contributed by atoms with E-state index in [-0.39, 0.29) is 5.82 Å². The number of aromatic nitrogens is 2. The van der Waals surface area contributed by atoms with Crippen molar-refractivity contribution in [3.63, 3.8) is 0 Å². The third-order valence-corrected chi connectivity index (χ3v) is 3.94. The van der Waals surface area contributed by atoms with Crippen LogP contribution in [0.4, 0.5) is 10.1 Å². The van der Waals surface area contributed by atoms with Crippen LogP contribution in [0.25, 0.3) is 16.9 Å². The number of nitrogens with two attached hydrogens (primary N) is 1. The third kappa shape index (κ3) is 3.17. The molecule has 4 nitrogen and oxygen atoms in total. The second kappa shape index (κ2) is 6.28. The summed E-state index contributed by atoms with van der Waals surface area (Å²) in [6.45, 7) is 0.348. The van der Waals surface area contributed by atoms with Crippen molar-refractivity contribution in [2.24, 2.45) is 0 Å². The largest absolute Gasteiger partial charge is 0.485 e. The van der Waals surface area contributed by atoms with Crippen LogP contribution in [-0.4, -0.2) is 9.38 Å². The Morgan fingerprint density at radius 1 is 1.04 bits per heavy atom. The van der Waals surface area contributed by atoms with Gasteiger partial charge < -0.3 is 14.9 Å². The summed E-state index contributed by atoms with van der Waals surface area (Å²) in [5.74, 6) is 0.410. The van der Waals surface area contributed by atoms with E-state index in [2.05, 4.69) is 4.98 Å². The maximum Gasteiger partial charge on any atom is 0.180 e. The predicted octanol–water partition coefficient (Wildman–Crippen LogP) is 4.30. The van der Waals surface area contributed by atoms with Crippen LogP contribution in [0, 0.1) is 5.82 Å². The number of imidazole rings is 1. The highest BCUT2D eigenvalue weighted by atomic mass is 19.1. The van der Waals surface area contributed by atoms with E-state index in [1.54, 1.807) is 12.1 Å². The Hall–Kier alpha value is -3.34. The molecule has 0 aliphatic rings. The molecule has 0 bridgehead atoms. The summed E-state index contributed by atoms with van der Waals surface area (Å²) in [5, 5.41) is 0. The highest BCUT2D eigenvalue weighted by Gasteiger charge is 2.09. The molecule has 0 saturated heterocycles. The molecule has 4 rings (SSSR count). The van der Waals surface area contributed by atoms with E-state index in [4.69, 9.17) is 10.5 Å². The monoisotopic (exact) mass is 333 g/mol. The molecule has 124 valence electrons. The molecule has 0 radical (unpaired) electrons. The Morgan fingerprint density at radius 3 is 2.68 bits per heavy atom. The van der Waals surface area contributed by atoms with E-state index in [0.717, 1.165) is 22.5 Å². The first-order chi connectivity index (χ1) is 12.2. The minimum atomic E-state index is -0.258. The molecule has 0 fully saturated rings.